The van der Waals surface area contributed by atoms with Crippen molar-refractivity contribution in [2.75, 3.05) is 5.73 Å². The number of anilines is 1. The predicted octanol–water partition coefficient (Wildman–Crippen LogP) is 12.4. The molecular formula is C37H25Cl3N7O14P. The van der Waals surface area contributed by atoms with E-state index in [1.54, 1.807) is 24.3 Å². The lowest BCUT2D eigenvalue weighted by atomic mass is 10.2. The van der Waals surface area contributed by atoms with Gasteiger partial charge in [-0.05, 0) is 94.4 Å². The maximum Gasteiger partial charge on any atom is 0.371 e. The van der Waals surface area contributed by atoms with E-state index in [9.17, 15) is 44.5 Å². The number of nitrogens with zero attached hydrogens (tertiary/aromatic N) is 5. The summed E-state index contributed by atoms with van der Waals surface area (Å²) in [5.41, 5.74) is 13.0. The van der Waals surface area contributed by atoms with Gasteiger partial charge in [-0.2, -0.15) is 9.69 Å². The van der Waals surface area contributed by atoms with Crippen LogP contribution in [-0.2, 0) is 4.57 Å². The van der Waals surface area contributed by atoms with E-state index in [0.29, 0.717) is 50.1 Å². The van der Waals surface area contributed by atoms with Gasteiger partial charge in [-0.1, -0.05) is 7.43 Å². The summed E-state index contributed by atoms with van der Waals surface area (Å²) in [6.45, 7) is 13.4. The summed E-state index contributed by atoms with van der Waals surface area (Å²) in [7, 11) is 0. The Bertz CT molecular complexity index is 2990. The van der Waals surface area contributed by atoms with Gasteiger partial charge in [-0.25, -0.2) is 4.79 Å². The number of nitro groups is 3. The Morgan fingerprint density at radius 1 is 0.597 bits per heavy atom. The summed E-state index contributed by atoms with van der Waals surface area (Å²) in [6, 6.07) is 23.3. The monoisotopic (exact) mass is 927 g/mol. The third kappa shape index (κ3) is 13.6. The molecule has 4 heterocycles. The number of hydrogen-bond acceptors (Lipinski definition) is 14. The normalized spacial score (nSPS) is 10.1. The number of halogens is 3. The molecule has 4 aromatic heterocycles. The number of aromatic carboxylic acids is 1. The Morgan fingerprint density at radius 2 is 0.919 bits per heavy atom. The quantitative estimate of drug-likeness (QED) is 0.0475. The summed E-state index contributed by atoms with van der Waals surface area (Å²) in [5.74, 6) is -1.70. The average Bonchev–Trinajstić information content (AvgIpc) is 4.00. The van der Waals surface area contributed by atoms with Crippen LogP contribution in [0.1, 0.15) is 28.5 Å². The molecule has 0 bridgehead atoms. The van der Waals surface area contributed by atoms with Crippen LogP contribution in [0, 0.1) is 43.5 Å². The van der Waals surface area contributed by atoms with Crippen molar-refractivity contribution in [1.82, 2.24) is 0 Å². The number of fused-ring (bicyclic) bond motifs is 4. The van der Waals surface area contributed by atoms with Crippen molar-refractivity contribution in [3.05, 3.63) is 162 Å². The van der Waals surface area contributed by atoms with Crippen molar-refractivity contribution in [2.24, 2.45) is 5.73 Å². The zero-order valence-corrected chi connectivity index (χ0v) is 33.1. The van der Waals surface area contributed by atoms with Gasteiger partial charge in [0, 0.05) is 63.6 Å². The lowest BCUT2D eigenvalue weighted by molar-refractivity contribution is -0.384. The van der Waals surface area contributed by atoms with Gasteiger partial charge in [0.25, 0.3) is 23.0 Å². The SMILES string of the molecule is C.NC(=O)c1cc2cc([N+](=O)[O-])ccc2o1.O=C(O)c1cc2cc([N+](=O)[O-])ccc2o1.O=P(Cl)(Cl)Cl.[C-]#[N+]c1cc2cc(N)ccc2o1.[C-]#[N+]c1cc2cc([N+](=O)[O-])ccc2o1. The van der Waals surface area contributed by atoms with Crippen LogP contribution in [0.25, 0.3) is 53.6 Å². The first-order valence-electron chi connectivity index (χ1n) is 16.0. The first kappa shape index (κ1) is 48.4. The third-order valence-corrected chi connectivity index (χ3v) is 7.32. The summed E-state index contributed by atoms with van der Waals surface area (Å²) in [6.07, 6.45) is 0. The molecular weight excluding hydrogens is 904 g/mol. The van der Waals surface area contributed by atoms with Crippen molar-refractivity contribution in [3.63, 3.8) is 0 Å². The van der Waals surface area contributed by atoms with E-state index >= 15 is 0 Å². The van der Waals surface area contributed by atoms with Crippen molar-refractivity contribution in [2.45, 2.75) is 7.43 Å². The number of nitrogen functional groups attached to an aromatic ring is 1. The molecule has 0 unspecified atom stereocenters. The number of carboxylic acids is 1. The molecule has 1 amide bonds. The van der Waals surface area contributed by atoms with E-state index in [2.05, 4.69) is 43.4 Å². The Labute approximate surface area is 360 Å². The summed E-state index contributed by atoms with van der Waals surface area (Å²) in [5, 5.41) is 39.1. The van der Waals surface area contributed by atoms with Crippen LogP contribution in [0.5, 0.6) is 0 Å². The number of carbonyl (C=O) groups is 2. The van der Waals surface area contributed by atoms with Crippen LogP contribution >= 0.6 is 38.9 Å². The van der Waals surface area contributed by atoms with Crippen molar-refractivity contribution < 1.29 is 51.7 Å². The van der Waals surface area contributed by atoms with Gasteiger partial charge in [0.1, 0.15) is 22.3 Å². The molecule has 0 fully saturated rings. The molecule has 5 N–H and O–H groups in total. The van der Waals surface area contributed by atoms with E-state index in [1.165, 1.54) is 72.8 Å². The standard InChI is InChI=1S/C9H6N2O4.C9H4N2O3.C9H6N2O.C9H5NO5.CH4.Cl3OP/c10-9(12)8-4-5-3-6(11(13)14)1-2-7(5)15-8;1-10-9-5-6-4-7(11(12)13)2-3-8(6)14-9;1-11-9-5-6-4-7(10)2-3-8(6)12-9;11-9(12)8-4-5-3-6(10(13)14)1-2-7(5)15-8;;1-5(2,3)4/h1-4H,(H2,10,12);2-5H;2-5H,10H2;1-4H,(H,11,12);1H4;. The highest BCUT2D eigenvalue weighted by Gasteiger charge is 2.15. The molecule has 62 heavy (non-hydrogen) atoms. The van der Waals surface area contributed by atoms with E-state index in [1.807, 2.05) is 0 Å². The highest BCUT2D eigenvalue weighted by Crippen LogP contribution is 2.61. The summed E-state index contributed by atoms with van der Waals surface area (Å²) < 4.78 is 29.8. The number of non-ortho nitro benzene ring substituents is 3. The largest absolute Gasteiger partial charge is 0.480 e. The molecule has 25 heteroatoms. The minimum Gasteiger partial charge on any atom is -0.480 e. The number of furan rings is 4. The number of primary amides is 1. The first-order chi connectivity index (χ1) is 28.6. The second kappa shape index (κ2) is 20.8. The van der Waals surface area contributed by atoms with Crippen LogP contribution in [0.4, 0.5) is 34.5 Å². The Kier molecular flexibility index (Phi) is 16.3. The number of benzene rings is 4. The maximum absolute atomic E-state index is 10.8. The lowest BCUT2D eigenvalue weighted by Crippen LogP contribution is -2.08. The zero-order chi connectivity index (χ0) is 45.2. The summed E-state index contributed by atoms with van der Waals surface area (Å²) >= 11 is 13.8. The maximum atomic E-state index is 10.8. The van der Waals surface area contributed by atoms with E-state index < -0.39 is 31.8 Å². The fourth-order valence-electron chi connectivity index (χ4n) is 4.80. The van der Waals surface area contributed by atoms with Crippen LogP contribution in [0.2, 0.25) is 0 Å². The molecule has 4 aromatic carbocycles. The number of hydrogen-bond donors (Lipinski definition) is 3. The van der Waals surface area contributed by atoms with Gasteiger partial charge in [0.2, 0.25) is 5.76 Å². The molecule has 8 rings (SSSR count). The molecule has 0 aliphatic heterocycles. The smallest absolute Gasteiger partial charge is 0.371 e. The minimum absolute atomic E-state index is 0. The Hall–Kier alpha value is -7.94. The number of nitrogens with two attached hydrogens (primary N) is 2. The molecule has 0 radical (unpaired) electrons. The van der Waals surface area contributed by atoms with Crippen molar-refractivity contribution in [3.8, 4) is 0 Å². The van der Waals surface area contributed by atoms with E-state index in [0.717, 1.165) is 5.39 Å². The molecule has 0 saturated heterocycles. The number of carboxylic acid groups (broad SMARTS) is 1. The second-order valence-electron chi connectivity index (χ2n) is 11.4. The highest BCUT2D eigenvalue weighted by molar-refractivity contribution is 8.24. The molecule has 0 spiro atoms. The van der Waals surface area contributed by atoms with Gasteiger partial charge in [0.05, 0.1) is 27.9 Å². The third-order valence-electron chi connectivity index (χ3n) is 7.32. The van der Waals surface area contributed by atoms with Crippen LogP contribution in [0.3, 0.4) is 0 Å². The zero-order valence-electron chi connectivity index (χ0n) is 30.0. The molecule has 0 aliphatic rings. The molecule has 0 atom stereocenters. The first-order valence-corrected chi connectivity index (χ1v) is 20.4. The summed E-state index contributed by atoms with van der Waals surface area (Å²) in [4.78, 5) is 57.4. The molecule has 8 aromatic rings. The Morgan fingerprint density at radius 3 is 1.27 bits per heavy atom. The van der Waals surface area contributed by atoms with Crippen LogP contribution < -0.4 is 11.5 Å². The average molecular weight is 929 g/mol. The molecule has 21 nitrogen and oxygen atoms in total. The number of amides is 1. The van der Waals surface area contributed by atoms with Gasteiger partial charge in [0.15, 0.2) is 5.76 Å². The lowest BCUT2D eigenvalue weighted by Gasteiger charge is -1.90. The van der Waals surface area contributed by atoms with Gasteiger partial charge < -0.3 is 34.2 Å². The minimum atomic E-state index is -3.22. The van der Waals surface area contributed by atoms with Crippen molar-refractivity contribution in [1.29, 1.82) is 0 Å². The van der Waals surface area contributed by atoms with E-state index in [4.69, 9.17) is 47.4 Å². The second-order valence-corrected chi connectivity index (χ2v) is 18.1. The molecule has 318 valence electrons. The van der Waals surface area contributed by atoms with Crippen molar-refractivity contribution >= 4 is 129 Å². The highest BCUT2D eigenvalue weighted by atomic mass is 36.0. The van der Waals surface area contributed by atoms with Gasteiger partial charge >= 0.3 is 22.9 Å². The van der Waals surface area contributed by atoms with E-state index in [-0.39, 0.29) is 41.9 Å². The topological polar surface area (TPSA) is 314 Å². The fourth-order valence-corrected chi connectivity index (χ4v) is 4.80. The van der Waals surface area contributed by atoms with Crippen LogP contribution in [0.15, 0.2) is 115 Å². The Balaban J connectivity index is 0.000000212. The van der Waals surface area contributed by atoms with Gasteiger partial charge in [-0.15, -0.1) is 0 Å². The van der Waals surface area contributed by atoms with Crippen LogP contribution in [-0.4, -0.2) is 31.8 Å². The predicted molar refractivity (Wildman–Crippen MR) is 229 cm³/mol. The molecule has 0 saturated carbocycles. The fraction of sp³-hybridized carbons (Fsp3) is 0.0270. The van der Waals surface area contributed by atoms with Gasteiger partial charge in [-0.3, -0.25) is 39.7 Å². The molecule has 0 aliphatic carbocycles. The number of rotatable bonds is 5. The number of nitro benzene ring substituents is 3. The number of carbonyl (C=O) groups excluding carboxylic acids is 1.